The van der Waals surface area contributed by atoms with Gasteiger partial charge in [0.1, 0.15) is 11.6 Å². The lowest BCUT2D eigenvalue weighted by Gasteiger charge is -2.43. The zero-order chi connectivity index (χ0) is 32.6. The van der Waals surface area contributed by atoms with Crippen LogP contribution in [-0.2, 0) is 24.0 Å². The van der Waals surface area contributed by atoms with E-state index in [1.54, 1.807) is 12.1 Å². The Morgan fingerprint density at radius 3 is 2.24 bits per heavy atom. The summed E-state index contributed by atoms with van der Waals surface area (Å²) in [6.07, 6.45) is 1.80. The highest BCUT2D eigenvalue weighted by molar-refractivity contribution is 6.99. The standard InChI is InChI=1S/C35H34ClF2N5O2Si/c1-35(2,3)46(24-11-6-4-7-12-24,25-13-8-5-9-14-25)45-22-23-19-27(36)31(38)30(20-23)42-18-16-26-32(34(42)44)41-43(33(26)39)21-29-28(37)15-10-17-40-29/h4-15,17,19-20H,16,18,21-22,39H2,1-3H3. The molecule has 5 aromatic rings. The fourth-order valence-electron chi connectivity index (χ4n) is 6.27. The van der Waals surface area contributed by atoms with Gasteiger partial charge in [0.15, 0.2) is 11.5 Å². The number of fused-ring (bicyclic) bond motifs is 1. The number of aromatic nitrogens is 3. The fraction of sp³-hybridized carbons (Fsp3) is 0.229. The molecule has 0 saturated carbocycles. The number of nitrogens with zero attached hydrogens (tertiary/aromatic N) is 4. The predicted molar refractivity (Wildman–Crippen MR) is 179 cm³/mol. The van der Waals surface area contributed by atoms with Crippen LogP contribution >= 0.6 is 11.6 Å². The monoisotopic (exact) mass is 657 g/mol. The maximum Gasteiger partial charge on any atom is 0.279 e. The number of nitrogen functional groups attached to an aromatic ring is 1. The molecule has 3 aromatic carbocycles. The molecule has 1 aliphatic heterocycles. The maximum absolute atomic E-state index is 15.7. The third kappa shape index (κ3) is 5.61. The zero-order valence-electron chi connectivity index (χ0n) is 25.8. The van der Waals surface area contributed by atoms with Crippen molar-refractivity contribution in [3.05, 3.63) is 130 Å². The first-order valence-electron chi connectivity index (χ1n) is 15.0. The molecule has 0 bridgehead atoms. The molecule has 0 aliphatic carbocycles. The molecule has 1 aliphatic rings. The number of amides is 1. The molecule has 0 atom stereocenters. The molecule has 0 saturated heterocycles. The molecule has 2 aromatic heterocycles. The van der Waals surface area contributed by atoms with Crippen LogP contribution in [0.15, 0.2) is 91.1 Å². The van der Waals surface area contributed by atoms with Crippen molar-refractivity contribution in [1.82, 2.24) is 14.8 Å². The number of carbonyl (C=O) groups excluding carboxylic acids is 1. The van der Waals surface area contributed by atoms with Gasteiger partial charge in [0.2, 0.25) is 0 Å². The Balaban J connectivity index is 1.33. The Bertz CT molecular complexity index is 1860. The van der Waals surface area contributed by atoms with Crippen LogP contribution in [0.2, 0.25) is 10.1 Å². The van der Waals surface area contributed by atoms with Gasteiger partial charge in [-0.3, -0.25) is 9.78 Å². The molecule has 3 heterocycles. The average Bonchev–Trinajstić information content (AvgIpc) is 3.36. The summed E-state index contributed by atoms with van der Waals surface area (Å²) >= 11 is 6.46. The van der Waals surface area contributed by atoms with Crippen molar-refractivity contribution < 1.29 is 18.0 Å². The number of halogens is 3. The van der Waals surface area contributed by atoms with E-state index >= 15 is 4.39 Å². The first-order valence-corrected chi connectivity index (χ1v) is 17.3. The Hall–Kier alpha value is -4.38. The minimum Gasteiger partial charge on any atom is -0.403 e. The number of anilines is 2. The molecule has 0 spiro atoms. The van der Waals surface area contributed by atoms with E-state index in [0.29, 0.717) is 17.5 Å². The fourth-order valence-corrected chi connectivity index (χ4v) is 11.0. The number of hydrogen-bond donors (Lipinski definition) is 1. The summed E-state index contributed by atoms with van der Waals surface area (Å²) in [5, 5.41) is 6.24. The van der Waals surface area contributed by atoms with Crippen molar-refractivity contribution in [3.8, 4) is 0 Å². The van der Waals surface area contributed by atoms with Gasteiger partial charge in [0.25, 0.3) is 14.2 Å². The van der Waals surface area contributed by atoms with Crippen molar-refractivity contribution >= 4 is 47.7 Å². The lowest BCUT2D eigenvalue weighted by molar-refractivity contribution is 0.0974. The van der Waals surface area contributed by atoms with Crippen molar-refractivity contribution in [2.24, 2.45) is 0 Å². The lowest BCUT2D eigenvalue weighted by Crippen LogP contribution is -2.66. The topological polar surface area (TPSA) is 86.3 Å². The molecule has 6 rings (SSSR count). The number of pyridine rings is 1. The molecule has 1 amide bonds. The van der Waals surface area contributed by atoms with Crippen LogP contribution in [0.4, 0.5) is 20.3 Å². The molecule has 0 fully saturated rings. The second-order valence-electron chi connectivity index (χ2n) is 12.4. The Labute approximate surface area is 272 Å². The van der Waals surface area contributed by atoms with E-state index in [4.69, 9.17) is 21.8 Å². The van der Waals surface area contributed by atoms with E-state index in [9.17, 15) is 9.18 Å². The number of rotatable bonds is 8. The molecular formula is C35H34ClF2N5O2Si. The quantitative estimate of drug-likeness (QED) is 0.203. The van der Waals surface area contributed by atoms with Crippen LogP contribution in [0, 0.1) is 11.6 Å². The zero-order valence-corrected chi connectivity index (χ0v) is 27.6. The van der Waals surface area contributed by atoms with Gasteiger partial charge in [0, 0.05) is 18.3 Å². The van der Waals surface area contributed by atoms with Gasteiger partial charge in [-0.25, -0.2) is 13.5 Å². The summed E-state index contributed by atoms with van der Waals surface area (Å²) in [7, 11) is -2.90. The van der Waals surface area contributed by atoms with Crippen LogP contribution in [0.25, 0.3) is 0 Å². The molecular weight excluding hydrogens is 624 g/mol. The third-order valence-corrected chi connectivity index (χ3v) is 13.8. The molecule has 11 heteroatoms. The third-order valence-electron chi connectivity index (χ3n) is 8.49. The van der Waals surface area contributed by atoms with E-state index in [2.05, 4.69) is 55.1 Å². The predicted octanol–water partition coefficient (Wildman–Crippen LogP) is 6.12. The van der Waals surface area contributed by atoms with Crippen LogP contribution in [0.3, 0.4) is 0 Å². The smallest absolute Gasteiger partial charge is 0.279 e. The van der Waals surface area contributed by atoms with Gasteiger partial charge in [-0.15, -0.1) is 0 Å². The summed E-state index contributed by atoms with van der Waals surface area (Å²) in [6.45, 7) is 6.79. The van der Waals surface area contributed by atoms with Gasteiger partial charge in [0.05, 0.1) is 29.6 Å². The van der Waals surface area contributed by atoms with Gasteiger partial charge in [-0.05, 0) is 51.7 Å². The minimum absolute atomic E-state index is 0.0353. The Morgan fingerprint density at radius 2 is 1.63 bits per heavy atom. The van der Waals surface area contributed by atoms with Gasteiger partial charge >= 0.3 is 0 Å². The number of carbonyl (C=O) groups is 1. The minimum atomic E-state index is -2.90. The summed E-state index contributed by atoms with van der Waals surface area (Å²) in [5.41, 5.74) is 7.76. The van der Waals surface area contributed by atoms with E-state index in [1.165, 1.54) is 27.9 Å². The van der Waals surface area contributed by atoms with E-state index < -0.39 is 25.9 Å². The SMILES string of the molecule is CC(C)(C)[Si](OCc1cc(Cl)c(F)c(N2CCc3c(nn(Cc4ncccc4F)c3N)C2=O)c1)(c1ccccc1)c1ccccc1. The van der Waals surface area contributed by atoms with Crippen LogP contribution < -0.4 is 21.0 Å². The van der Waals surface area contributed by atoms with Gasteiger partial charge in [-0.1, -0.05) is 93.0 Å². The lowest BCUT2D eigenvalue weighted by atomic mass is 10.0. The summed E-state index contributed by atoms with van der Waals surface area (Å²) < 4.78 is 38.4. The normalized spacial score (nSPS) is 13.6. The molecule has 0 unspecified atom stereocenters. The first-order chi connectivity index (χ1) is 22.0. The Morgan fingerprint density at radius 1 is 0.978 bits per heavy atom. The largest absolute Gasteiger partial charge is 0.403 e. The highest BCUT2D eigenvalue weighted by Crippen LogP contribution is 2.38. The van der Waals surface area contributed by atoms with Crippen LogP contribution in [0.1, 0.15) is 48.1 Å². The average molecular weight is 658 g/mol. The van der Waals surface area contributed by atoms with Crippen molar-refractivity contribution in [3.63, 3.8) is 0 Å². The maximum atomic E-state index is 15.7. The van der Waals surface area contributed by atoms with Gasteiger partial charge < -0.3 is 15.1 Å². The van der Waals surface area contributed by atoms with E-state index in [-0.39, 0.29) is 52.7 Å². The van der Waals surface area contributed by atoms with Crippen LogP contribution in [-0.4, -0.2) is 35.5 Å². The highest BCUT2D eigenvalue weighted by atomic mass is 35.5. The highest BCUT2D eigenvalue weighted by Gasteiger charge is 2.50. The van der Waals surface area contributed by atoms with Crippen molar-refractivity contribution in [2.75, 3.05) is 17.2 Å². The summed E-state index contributed by atoms with van der Waals surface area (Å²) in [6, 6.07) is 26.4. The summed E-state index contributed by atoms with van der Waals surface area (Å²) in [4.78, 5) is 19.2. The van der Waals surface area contributed by atoms with Gasteiger partial charge in [-0.2, -0.15) is 5.10 Å². The second kappa shape index (κ2) is 12.4. The summed E-state index contributed by atoms with van der Waals surface area (Å²) in [5.74, 6) is -1.49. The molecule has 0 radical (unpaired) electrons. The molecule has 236 valence electrons. The number of hydrogen-bond acceptors (Lipinski definition) is 5. The second-order valence-corrected chi connectivity index (χ2v) is 17.1. The molecule has 7 nitrogen and oxygen atoms in total. The Kier molecular flexibility index (Phi) is 8.54. The van der Waals surface area contributed by atoms with Crippen molar-refractivity contribution in [1.29, 1.82) is 0 Å². The van der Waals surface area contributed by atoms with E-state index in [1.807, 2.05) is 36.4 Å². The first kappa shape index (κ1) is 31.6. The molecule has 2 N–H and O–H groups in total. The number of benzene rings is 3. The van der Waals surface area contributed by atoms with Crippen molar-refractivity contribution in [2.45, 2.75) is 45.4 Å². The van der Waals surface area contributed by atoms with Crippen LogP contribution in [0.5, 0.6) is 0 Å². The molecule has 46 heavy (non-hydrogen) atoms. The van der Waals surface area contributed by atoms with E-state index in [0.717, 1.165) is 10.4 Å². The number of nitrogens with two attached hydrogens (primary N) is 1.